The molecular formula is C22H25F6OSn. The Morgan fingerprint density at radius 2 is 1.07 bits per heavy atom. The molecule has 0 aliphatic rings. The molecule has 0 spiro atoms. The van der Waals surface area contributed by atoms with Crippen LogP contribution in [-0.2, 0) is 3.07 Å². The summed E-state index contributed by atoms with van der Waals surface area (Å²) in [6.45, 7) is 0.279. The third kappa shape index (κ3) is 10.2. The van der Waals surface area contributed by atoms with Crippen LogP contribution < -0.4 is 0 Å². The zero-order chi connectivity index (χ0) is 22.0. The van der Waals surface area contributed by atoms with Gasteiger partial charge in [-0.2, -0.15) is 0 Å². The molecule has 1 nitrogen and oxygen atoms in total. The molecule has 2 aromatic carbocycles. The second-order valence-electron chi connectivity index (χ2n) is 7.16. The van der Waals surface area contributed by atoms with Crippen LogP contribution >= 0.6 is 0 Å². The van der Waals surface area contributed by atoms with Crippen LogP contribution in [-0.4, -0.2) is 39.1 Å². The van der Waals surface area contributed by atoms with Crippen molar-refractivity contribution in [3.05, 3.63) is 71.8 Å². The van der Waals surface area contributed by atoms with Gasteiger partial charge >= 0.3 is 181 Å². The summed E-state index contributed by atoms with van der Waals surface area (Å²) in [5.74, 6) is -0.103. The van der Waals surface area contributed by atoms with Crippen molar-refractivity contribution in [3.8, 4) is 0 Å². The Kier molecular flexibility index (Phi) is 10.00. The summed E-state index contributed by atoms with van der Waals surface area (Å²) in [4.78, 5) is 0. The molecule has 0 bridgehead atoms. The maximum absolute atomic E-state index is 12.5. The van der Waals surface area contributed by atoms with Crippen molar-refractivity contribution in [3.63, 3.8) is 0 Å². The summed E-state index contributed by atoms with van der Waals surface area (Å²) in [5, 5.41) is 0. The standard InChI is InChI=1S/C14H13O.2C4H6F3.Sn/c15-11-14(12-7-3-1-4-8-12)13-9-5-2-6-10-13;2*1-2-3-4(5,6)7;/h1-10,14H,11H2;2*1-3H2;/q-1;;;+1. The van der Waals surface area contributed by atoms with E-state index in [2.05, 4.69) is 0 Å². The van der Waals surface area contributed by atoms with Gasteiger partial charge in [0.25, 0.3) is 0 Å². The third-order valence-electron chi connectivity index (χ3n) is 4.69. The Morgan fingerprint density at radius 3 is 1.43 bits per heavy atom. The first-order valence-electron chi connectivity index (χ1n) is 9.85. The van der Waals surface area contributed by atoms with E-state index < -0.39 is 45.4 Å². The van der Waals surface area contributed by atoms with Crippen molar-refractivity contribution in [1.82, 2.24) is 0 Å². The quantitative estimate of drug-likeness (QED) is 0.213. The Morgan fingerprint density at radius 1 is 0.667 bits per heavy atom. The first kappa shape index (κ1) is 25.0. The molecule has 0 aliphatic carbocycles. The summed E-state index contributed by atoms with van der Waals surface area (Å²) in [5.41, 5.74) is 2.02. The molecule has 0 amide bonds. The van der Waals surface area contributed by atoms with Crippen molar-refractivity contribution in [2.24, 2.45) is 0 Å². The van der Waals surface area contributed by atoms with E-state index in [1.807, 2.05) is 60.7 Å². The fourth-order valence-electron chi connectivity index (χ4n) is 3.20. The van der Waals surface area contributed by atoms with Crippen LogP contribution in [0, 0.1) is 0 Å². The van der Waals surface area contributed by atoms with Crippen LogP contribution in [0.3, 0.4) is 0 Å². The van der Waals surface area contributed by atoms with Gasteiger partial charge in [-0.15, -0.1) is 0 Å². The van der Waals surface area contributed by atoms with E-state index in [4.69, 9.17) is 3.07 Å². The molecule has 165 valence electrons. The molecule has 0 saturated carbocycles. The zero-order valence-corrected chi connectivity index (χ0v) is 19.3. The molecule has 0 N–H and O–H groups in total. The molecule has 0 aliphatic heterocycles. The monoisotopic (exact) mass is 539 g/mol. The molecular weight excluding hydrogens is 513 g/mol. The predicted octanol–water partition coefficient (Wildman–Crippen LogP) is 7.51. The number of halogens is 6. The van der Waals surface area contributed by atoms with Gasteiger partial charge in [-0.1, -0.05) is 0 Å². The first-order chi connectivity index (χ1) is 14.1. The number of hydrogen-bond donors (Lipinski definition) is 0. The Bertz CT molecular complexity index is 658. The van der Waals surface area contributed by atoms with Crippen molar-refractivity contribution >= 4 is 20.2 Å². The van der Waals surface area contributed by atoms with E-state index in [-0.39, 0.29) is 34.2 Å². The van der Waals surface area contributed by atoms with Gasteiger partial charge in [0, 0.05) is 0 Å². The molecule has 0 unspecified atom stereocenters. The molecule has 0 aromatic heterocycles. The van der Waals surface area contributed by atoms with Gasteiger partial charge in [-0.05, 0) is 0 Å². The van der Waals surface area contributed by atoms with Gasteiger partial charge in [0.2, 0.25) is 0 Å². The van der Waals surface area contributed by atoms with Crippen molar-refractivity contribution < 1.29 is 29.4 Å². The van der Waals surface area contributed by atoms with E-state index in [9.17, 15) is 26.3 Å². The Balaban J connectivity index is 2.04. The molecule has 0 heterocycles. The summed E-state index contributed by atoms with van der Waals surface area (Å²) in [6, 6.07) is 19.2. The van der Waals surface area contributed by atoms with Gasteiger partial charge < -0.3 is 0 Å². The predicted molar refractivity (Wildman–Crippen MR) is 107 cm³/mol. The van der Waals surface area contributed by atoms with Crippen LogP contribution in [0.15, 0.2) is 60.7 Å². The fourth-order valence-corrected chi connectivity index (χ4v) is 9.14. The Labute approximate surface area is 180 Å². The number of hydrogen-bond acceptors (Lipinski definition) is 1. The molecule has 0 saturated heterocycles. The van der Waals surface area contributed by atoms with Crippen molar-refractivity contribution in [2.75, 3.05) is 6.61 Å². The molecule has 2 aromatic rings. The van der Waals surface area contributed by atoms with E-state index in [1.165, 1.54) is 0 Å². The second-order valence-corrected chi connectivity index (χ2v) is 13.9. The number of benzene rings is 2. The van der Waals surface area contributed by atoms with Gasteiger partial charge in [0.05, 0.1) is 0 Å². The van der Waals surface area contributed by atoms with E-state index >= 15 is 0 Å². The molecule has 0 atom stereocenters. The van der Waals surface area contributed by atoms with E-state index in [0.29, 0.717) is 0 Å². The average molecular weight is 538 g/mol. The topological polar surface area (TPSA) is 9.23 Å². The normalized spacial score (nSPS) is 12.7. The molecule has 0 fully saturated rings. The van der Waals surface area contributed by atoms with Gasteiger partial charge in [0.1, 0.15) is 0 Å². The van der Waals surface area contributed by atoms with Crippen LogP contribution in [0.5, 0.6) is 0 Å². The molecule has 1 radical (unpaired) electrons. The van der Waals surface area contributed by atoms with E-state index in [0.717, 1.165) is 11.1 Å². The molecule has 2 rings (SSSR count). The maximum atomic E-state index is 12.5. The summed E-state index contributed by atoms with van der Waals surface area (Å²) < 4.78 is 81.7. The van der Waals surface area contributed by atoms with Gasteiger partial charge in [-0.3, -0.25) is 0 Å². The minimum atomic E-state index is -4.25. The average Bonchev–Trinajstić information content (AvgIpc) is 2.67. The summed E-state index contributed by atoms with van der Waals surface area (Å²) >= 11 is -2.87. The van der Waals surface area contributed by atoms with Gasteiger partial charge in [0.15, 0.2) is 0 Å². The van der Waals surface area contributed by atoms with Crippen molar-refractivity contribution in [2.45, 2.75) is 52.8 Å². The molecule has 8 heteroatoms. The second kappa shape index (κ2) is 12.0. The van der Waals surface area contributed by atoms with Crippen LogP contribution in [0.4, 0.5) is 26.3 Å². The van der Waals surface area contributed by atoms with Gasteiger partial charge in [-0.25, -0.2) is 0 Å². The van der Waals surface area contributed by atoms with E-state index in [1.54, 1.807) is 0 Å². The zero-order valence-electron chi connectivity index (χ0n) is 16.5. The molecule has 30 heavy (non-hydrogen) atoms. The fraction of sp³-hybridized carbons (Fsp3) is 0.455. The van der Waals surface area contributed by atoms with Crippen LogP contribution in [0.1, 0.15) is 42.7 Å². The van der Waals surface area contributed by atoms with Crippen molar-refractivity contribution in [1.29, 1.82) is 0 Å². The Hall–Kier alpha value is -1.22. The number of alkyl halides is 6. The van der Waals surface area contributed by atoms with Crippen LogP contribution in [0.25, 0.3) is 0 Å². The SMILES string of the molecule is FC(F)(F)CC[CH2][Sn]([CH2]CCC(F)(F)F)[O]CC(c1ccccc1)c1ccccc1. The number of rotatable bonds is 11. The third-order valence-corrected chi connectivity index (χ3v) is 11.5. The first-order valence-corrected chi connectivity index (χ1v) is 15.0. The summed E-state index contributed by atoms with van der Waals surface area (Å²) in [7, 11) is 0. The van der Waals surface area contributed by atoms with Crippen LogP contribution in [0.2, 0.25) is 8.87 Å². The minimum absolute atomic E-state index is 0.0777. The summed E-state index contributed by atoms with van der Waals surface area (Å²) in [6.07, 6.45) is -10.5.